The summed E-state index contributed by atoms with van der Waals surface area (Å²) in [5, 5.41) is 0. The Morgan fingerprint density at radius 1 is 1.03 bits per heavy atom. The van der Waals surface area contributed by atoms with E-state index in [4.69, 9.17) is 14.2 Å². The highest BCUT2D eigenvalue weighted by Crippen LogP contribution is 2.25. The van der Waals surface area contributed by atoms with Crippen LogP contribution in [0.1, 0.15) is 30.4 Å². The standard InChI is InChI=1S/C24H27NO4/c26-23(25-15-5-4-8-22(25)24-27-16-17-28-24)14-11-19-9-12-21(13-10-19)29-18-20-6-2-1-3-7-20/h1-3,6-7,9-14,22,24H,4-5,8,15-18H2/b14-11+. The van der Waals surface area contributed by atoms with Crippen LogP contribution in [0.25, 0.3) is 6.08 Å². The molecule has 0 bridgehead atoms. The monoisotopic (exact) mass is 393 g/mol. The highest BCUT2D eigenvalue weighted by Gasteiger charge is 2.35. The average molecular weight is 393 g/mol. The fourth-order valence-corrected chi connectivity index (χ4v) is 3.79. The van der Waals surface area contributed by atoms with Gasteiger partial charge in [0.15, 0.2) is 6.29 Å². The Bertz CT molecular complexity index is 813. The summed E-state index contributed by atoms with van der Waals surface area (Å²) < 4.78 is 17.1. The number of nitrogens with zero attached hydrogens (tertiary/aromatic N) is 1. The third-order valence-corrected chi connectivity index (χ3v) is 5.34. The zero-order valence-electron chi connectivity index (χ0n) is 16.5. The van der Waals surface area contributed by atoms with Gasteiger partial charge >= 0.3 is 0 Å². The van der Waals surface area contributed by atoms with Gasteiger partial charge in [-0.05, 0) is 48.6 Å². The van der Waals surface area contributed by atoms with Crippen LogP contribution < -0.4 is 4.74 Å². The van der Waals surface area contributed by atoms with Gasteiger partial charge in [0, 0.05) is 12.6 Å². The molecule has 1 amide bonds. The van der Waals surface area contributed by atoms with Crippen LogP contribution in [-0.4, -0.2) is 42.9 Å². The van der Waals surface area contributed by atoms with Gasteiger partial charge in [-0.3, -0.25) is 4.79 Å². The highest BCUT2D eigenvalue weighted by molar-refractivity contribution is 5.92. The van der Waals surface area contributed by atoms with E-state index in [2.05, 4.69) is 0 Å². The van der Waals surface area contributed by atoms with E-state index in [0.717, 1.165) is 42.7 Å². The first-order valence-corrected chi connectivity index (χ1v) is 10.3. The van der Waals surface area contributed by atoms with Crippen molar-refractivity contribution in [3.05, 3.63) is 71.8 Å². The molecule has 0 aromatic heterocycles. The average Bonchev–Trinajstić information content (AvgIpc) is 3.32. The molecule has 4 rings (SSSR count). The summed E-state index contributed by atoms with van der Waals surface area (Å²) in [6.45, 7) is 2.51. The fraction of sp³-hybridized carbons (Fsp3) is 0.375. The second-order valence-electron chi connectivity index (χ2n) is 7.38. The smallest absolute Gasteiger partial charge is 0.246 e. The second kappa shape index (κ2) is 9.72. The van der Waals surface area contributed by atoms with Crippen LogP contribution in [0.2, 0.25) is 0 Å². The molecule has 0 N–H and O–H groups in total. The maximum atomic E-state index is 12.8. The van der Waals surface area contributed by atoms with Crippen molar-refractivity contribution in [2.24, 2.45) is 0 Å². The molecule has 2 aromatic carbocycles. The summed E-state index contributed by atoms with van der Waals surface area (Å²) in [5.41, 5.74) is 2.10. The van der Waals surface area contributed by atoms with Crippen LogP contribution in [0.15, 0.2) is 60.7 Å². The van der Waals surface area contributed by atoms with E-state index < -0.39 is 0 Å². The van der Waals surface area contributed by atoms with Crippen molar-refractivity contribution in [2.45, 2.75) is 38.2 Å². The van der Waals surface area contributed by atoms with Gasteiger partial charge < -0.3 is 19.1 Å². The van der Waals surface area contributed by atoms with Crippen molar-refractivity contribution >= 4 is 12.0 Å². The van der Waals surface area contributed by atoms with Crippen LogP contribution >= 0.6 is 0 Å². The Labute approximate surface area is 171 Å². The minimum Gasteiger partial charge on any atom is -0.489 e. The Hall–Kier alpha value is -2.63. The lowest BCUT2D eigenvalue weighted by molar-refractivity contribution is -0.145. The SMILES string of the molecule is O=C(/C=C/c1ccc(OCc2ccccc2)cc1)N1CCCCC1C1OCCO1. The molecule has 2 fully saturated rings. The first-order valence-electron chi connectivity index (χ1n) is 10.3. The predicted octanol–water partition coefficient (Wildman–Crippen LogP) is 4.03. The number of carbonyl (C=O) groups is 1. The van der Waals surface area contributed by atoms with Crippen LogP contribution in [0.4, 0.5) is 0 Å². The quantitative estimate of drug-likeness (QED) is 0.695. The third-order valence-electron chi connectivity index (χ3n) is 5.34. The zero-order chi connectivity index (χ0) is 19.9. The molecular weight excluding hydrogens is 366 g/mol. The van der Waals surface area contributed by atoms with E-state index in [1.165, 1.54) is 0 Å². The normalized spacial score (nSPS) is 20.3. The minimum absolute atomic E-state index is 0.0113. The van der Waals surface area contributed by atoms with E-state index in [-0.39, 0.29) is 18.2 Å². The fourth-order valence-electron chi connectivity index (χ4n) is 3.79. The van der Waals surface area contributed by atoms with Gasteiger partial charge in [0.2, 0.25) is 5.91 Å². The number of hydrogen-bond donors (Lipinski definition) is 0. The lowest BCUT2D eigenvalue weighted by Crippen LogP contribution is -2.49. The van der Waals surface area contributed by atoms with Crippen molar-refractivity contribution in [1.82, 2.24) is 4.90 Å². The molecule has 2 aromatic rings. The van der Waals surface area contributed by atoms with Crippen molar-refractivity contribution in [3.63, 3.8) is 0 Å². The third kappa shape index (κ3) is 5.25. The topological polar surface area (TPSA) is 48.0 Å². The van der Waals surface area contributed by atoms with E-state index in [1.54, 1.807) is 6.08 Å². The summed E-state index contributed by atoms with van der Waals surface area (Å²) in [5.74, 6) is 0.821. The first-order chi connectivity index (χ1) is 14.3. The Morgan fingerprint density at radius 2 is 1.79 bits per heavy atom. The summed E-state index contributed by atoms with van der Waals surface area (Å²) in [6, 6.07) is 17.9. The Kier molecular flexibility index (Phi) is 6.60. The highest BCUT2D eigenvalue weighted by atomic mass is 16.7. The molecule has 2 aliphatic rings. The van der Waals surface area contributed by atoms with Gasteiger partial charge in [0.25, 0.3) is 0 Å². The summed E-state index contributed by atoms with van der Waals surface area (Å²) >= 11 is 0. The van der Waals surface area contributed by atoms with Crippen molar-refractivity contribution in [2.75, 3.05) is 19.8 Å². The van der Waals surface area contributed by atoms with Gasteiger partial charge in [-0.2, -0.15) is 0 Å². The number of amides is 1. The Balaban J connectivity index is 1.33. The second-order valence-corrected chi connectivity index (χ2v) is 7.38. The number of carbonyl (C=O) groups excluding carboxylic acids is 1. The molecule has 2 aliphatic heterocycles. The number of ether oxygens (including phenoxy) is 3. The number of benzene rings is 2. The van der Waals surface area contributed by atoms with Crippen molar-refractivity contribution in [3.8, 4) is 5.75 Å². The van der Waals surface area contributed by atoms with Crippen molar-refractivity contribution in [1.29, 1.82) is 0 Å². The lowest BCUT2D eigenvalue weighted by Gasteiger charge is -2.37. The number of likely N-dealkylation sites (tertiary alicyclic amines) is 1. The van der Waals surface area contributed by atoms with E-state index >= 15 is 0 Å². The largest absolute Gasteiger partial charge is 0.489 e. The number of hydrogen-bond acceptors (Lipinski definition) is 4. The molecule has 5 nitrogen and oxygen atoms in total. The van der Waals surface area contributed by atoms with Gasteiger partial charge in [-0.1, -0.05) is 42.5 Å². The van der Waals surface area contributed by atoms with Gasteiger partial charge in [0.1, 0.15) is 12.4 Å². The molecule has 152 valence electrons. The van der Waals surface area contributed by atoms with Crippen LogP contribution in [0.3, 0.4) is 0 Å². The maximum absolute atomic E-state index is 12.8. The van der Waals surface area contributed by atoms with Gasteiger partial charge in [-0.15, -0.1) is 0 Å². The Morgan fingerprint density at radius 3 is 2.55 bits per heavy atom. The number of rotatable bonds is 6. The van der Waals surface area contributed by atoms with Crippen molar-refractivity contribution < 1.29 is 19.0 Å². The van der Waals surface area contributed by atoms with E-state index in [1.807, 2.05) is 65.6 Å². The molecule has 2 saturated heterocycles. The minimum atomic E-state index is -0.284. The first kappa shape index (κ1) is 19.7. The van der Waals surface area contributed by atoms with Gasteiger partial charge in [0.05, 0.1) is 19.3 Å². The summed E-state index contributed by atoms with van der Waals surface area (Å²) in [7, 11) is 0. The number of piperidine rings is 1. The molecule has 1 unspecified atom stereocenters. The van der Waals surface area contributed by atoms with Crippen LogP contribution in [-0.2, 0) is 20.9 Å². The lowest BCUT2D eigenvalue weighted by atomic mass is 10.0. The van der Waals surface area contributed by atoms with Crippen LogP contribution in [0, 0.1) is 0 Å². The van der Waals surface area contributed by atoms with E-state index in [0.29, 0.717) is 19.8 Å². The maximum Gasteiger partial charge on any atom is 0.246 e. The molecule has 0 spiro atoms. The molecule has 0 radical (unpaired) electrons. The molecule has 2 heterocycles. The zero-order valence-corrected chi connectivity index (χ0v) is 16.5. The molecule has 29 heavy (non-hydrogen) atoms. The molecule has 0 saturated carbocycles. The molecule has 5 heteroatoms. The summed E-state index contributed by atoms with van der Waals surface area (Å²) in [6.07, 6.45) is 6.27. The molecule has 0 aliphatic carbocycles. The molecular formula is C24H27NO4. The summed E-state index contributed by atoms with van der Waals surface area (Å²) in [4.78, 5) is 14.7. The predicted molar refractivity (Wildman–Crippen MR) is 111 cm³/mol. The van der Waals surface area contributed by atoms with E-state index in [9.17, 15) is 4.79 Å². The van der Waals surface area contributed by atoms with Gasteiger partial charge in [-0.25, -0.2) is 0 Å². The molecule has 1 atom stereocenters. The van der Waals surface area contributed by atoms with Crippen LogP contribution in [0.5, 0.6) is 5.75 Å².